The number of hydrogen-bond acceptors (Lipinski definition) is 3. The Morgan fingerprint density at radius 3 is 2.65 bits per heavy atom. The maximum absolute atomic E-state index is 5.97. The van der Waals surface area contributed by atoms with Crippen LogP contribution < -0.4 is 5.73 Å². The number of aromatic nitrogens is 1. The molecule has 3 heteroatoms. The smallest absolute Gasteiger partial charge is 0.0767 e. The van der Waals surface area contributed by atoms with Crippen LogP contribution in [0.15, 0.2) is 30.5 Å². The largest absolute Gasteiger partial charge is 0.398 e. The van der Waals surface area contributed by atoms with E-state index in [9.17, 15) is 0 Å². The Kier molecular flexibility index (Phi) is 3.59. The van der Waals surface area contributed by atoms with Gasteiger partial charge in [-0.15, -0.1) is 0 Å². The Bertz CT molecular complexity index is 504. The van der Waals surface area contributed by atoms with Gasteiger partial charge < -0.3 is 5.73 Å². The molecule has 2 N–H and O–H groups in total. The maximum atomic E-state index is 5.97. The number of rotatable bonds is 4. The first kappa shape index (κ1) is 11.9. The van der Waals surface area contributed by atoms with Crippen LogP contribution in [0.4, 0.5) is 5.69 Å². The van der Waals surface area contributed by atoms with Gasteiger partial charge in [0.15, 0.2) is 0 Å². The number of fused-ring (bicyclic) bond motifs is 1. The van der Waals surface area contributed by atoms with Crippen molar-refractivity contribution in [2.75, 3.05) is 18.8 Å². The van der Waals surface area contributed by atoms with Crippen LogP contribution in [-0.4, -0.2) is 23.0 Å². The van der Waals surface area contributed by atoms with Gasteiger partial charge in [0.1, 0.15) is 0 Å². The fourth-order valence-electron chi connectivity index (χ4n) is 2.07. The Morgan fingerprint density at radius 1 is 1.18 bits per heavy atom. The summed E-state index contributed by atoms with van der Waals surface area (Å²) in [6, 6.07) is 8.02. The number of anilines is 1. The van der Waals surface area contributed by atoms with Crippen molar-refractivity contribution < 1.29 is 0 Å². The number of pyridine rings is 1. The van der Waals surface area contributed by atoms with Crippen molar-refractivity contribution in [2.45, 2.75) is 20.4 Å². The summed E-state index contributed by atoms with van der Waals surface area (Å²) in [5.74, 6) is 0. The van der Waals surface area contributed by atoms with Gasteiger partial charge in [-0.05, 0) is 36.9 Å². The van der Waals surface area contributed by atoms with Gasteiger partial charge in [0.2, 0.25) is 0 Å². The van der Waals surface area contributed by atoms with Crippen molar-refractivity contribution in [3.8, 4) is 0 Å². The molecule has 0 bridgehead atoms. The van der Waals surface area contributed by atoms with E-state index in [1.54, 1.807) is 0 Å². The number of nitrogens with zero attached hydrogens (tertiary/aromatic N) is 2. The zero-order valence-electron chi connectivity index (χ0n) is 10.5. The third kappa shape index (κ3) is 2.39. The third-order valence-corrected chi connectivity index (χ3v) is 3.18. The van der Waals surface area contributed by atoms with E-state index in [1.807, 2.05) is 24.4 Å². The molecule has 0 aliphatic heterocycles. The Morgan fingerprint density at radius 2 is 1.94 bits per heavy atom. The van der Waals surface area contributed by atoms with Crippen LogP contribution in [0.2, 0.25) is 0 Å². The van der Waals surface area contributed by atoms with Crippen LogP contribution in [0.1, 0.15) is 19.4 Å². The predicted octanol–water partition coefficient (Wildman–Crippen LogP) is 2.66. The van der Waals surface area contributed by atoms with E-state index in [0.29, 0.717) is 0 Å². The van der Waals surface area contributed by atoms with Crippen molar-refractivity contribution in [2.24, 2.45) is 0 Å². The van der Waals surface area contributed by atoms with Crippen LogP contribution in [0.3, 0.4) is 0 Å². The molecule has 1 aromatic carbocycles. The highest BCUT2D eigenvalue weighted by Crippen LogP contribution is 2.23. The number of nitrogen functional groups attached to an aromatic ring is 1. The van der Waals surface area contributed by atoms with E-state index in [4.69, 9.17) is 5.73 Å². The molecule has 17 heavy (non-hydrogen) atoms. The van der Waals surface area contributed by atoms with Gasteiger partial charge in [-0.1, -0.05) is 19.9 Å². The van der Waals surface area contributed by atoms with Crippen LogP contribution in [0, 0.1) is 0 Å². The molecule has 0 aliphatic carbocycles. The summed E-state index contributed by atoms with van der Waals surface area (Å²) in [6.07, 6.45) is 1.83. The molecule has 1 heterocycles. The van der Waals surface area contributed by atoms with Gasteiger partial charge in [-0.3, -0.25) is 9.88 Å². The number of nitrogens with two attached hydrogens (primary N) is 1. The lowest BCUT2D eigenvalue weighted by atomic mass is 10.1. The second-order valence-corrected chi connectivity index (χ2v) is 4.17. The minimum atomic E-state index is 0.802. The molecule has 0 unspecified atom stereocenters. The zero-order valence-corrected chi connectivity index (χ0v) is 10.5. The van der Waals surface area contributed by atoms with Crippen molar-refractivity contribution in [1.29, 1.82) is 0 Å². The molecule has 0 atom stereocenters. The van der Waals surface area contributed by atoms with Gasteiger partial charge in [-0.25, -0.2) is 0 Å². The van der Waals surface area contributed by atoms with Gasteiger partial charge in [0.05, 0.1) is 5.52 Å². The lowest BCUT2D eigenvalue weighted by molar-refractivity contribution is 0.297. The van der Waals surface area contributed by atoms with Gasteiger partial charge in [0.25, 0.3) is 0 Å². The Hall–Kier alpha value is -1.61. The van der Waals surface area contributed by atoms with Crippen molar-refractivity contribution in [3.63, 3.8) is 0 Å². The SMILES string of the molecule is CCN(CC)Cc1ccc(N)c2cccnc12. The van der Waals surface area contributed by atoms with Gasteiger partial charge in [0, 0.05) is 23.8 Å². The van der Waals surface area contributed by atoms with E-state index >= 15 is 0 Å². The normalized spacial score (nSPS) is 11.2. The third-order valence-electron chi connectivity index (χ3n) is 3.18. The summed E-state index contributed by atoms with van der Waals surface area (Å²) in [5.41, 5.74) is 9.05. The highest BCUT2D eigenvalue weighted by Gasteiger charge is 2.07. The fraction of sp³-hybridized carbons (Fsp3) is 0.357. The first-order chi connectivity index (χ1) is 8.26. The maximum Gasteiger partial charge on any atom is 0.0767 e. The molecule has 0 spiro atoms. The quantitative estimate of drug-likeness (QED) is 0.820. The summed E-state index contributed by atoms with van der Waals surface area (Å²) in [6.45, 7) is 7.39. The summed E-state index contributed by atoms with van der Waals surface area (Å²) < 4.78 is 0. The monoisotopic (exact) mass is 229 g/mol. The molecular weight excluding hydrogens is 210 g/mol. The highest BCUT2D eigenvalue weighted by atomic mass is 15.1. The van der Waals surface area contributed by atoms with E-state index in [1.165, 1.54) is 5.56 Å². The van der Waals surface area contributed by atoms with E-state index in [0.717, 1.165) is 36.2 Å². The number of benzene rings is 1. The molecule has 0 fully saturated rings. The first-order valence-electron chi connectivity index (χ1n) is 6.10. The van der Waals surface area contributed by atoms with Crippen LogP contribution in [0.25, 0.3) is 10.9 Å². The first-order valence-corrected chi connectivity index (χ1v) is 6.10. The van der Waals surface area contributed by atoms with Crippen LogP contribution in [0.5, 0.6) is 0 Å². The molecule has 2 aromatic rings. The second-order valence-electron chi connectivity index (χ2n) is 4.17. The summed E-state index contributed by atoms with van der Waals surface area (Å²) in [4.78, 5) is 6.83. The fourth-order valence-corrected chi connectivity index (χ4v) is 2.07. The molecule has 1 aromatic heterocycles. The van der Waals surface area contributed by atoms with Crippen LogP contribution >= 0.6 is 0 Å². The lowest BCUT2D eigenvalue weighted by Gasteiger charge is -2.19. The van der Waals surface area contributed by atoms with Crippen LogP contribution in [-0.2, 0) is 6.54 Å². The summed E-state index contributed by atoms with van der Waals surface area (Å²) in [7, 11) is 0. The highest BCUT2D eigenvalue weighted by molar-refractivity contribution is 5.92. The van der Waals surface area contributed by atoms with E-state index in [-0.39, 0.29) is 0 Å². The second kappa shape index (κ2) is 5.15. The predicted molar refractivity (Wildman–Crippen MR) is 72.8 cm³/mol. The molecule has 0 radical (unpaired) electrons. The lowest BCUT2D eigenvalue weighted by Crippen LogP contribution is -2.22. The molecule has 90 valence electrons. The topological polar surface area (TPSA) is 42.1 Å². The molecular formula is C14H19N3. The minimum Gasteiger partial charge on any atom is -0.398 e. The average molecular weight is 229 g/mol. The zero-order chi connectivity index (χ0) is 12.3. The minimum absolute atomic E-state index is 0.802. The molecule has 3 nitrogen and oxygen atoms in total. The van der Waals surface area contributed by atoms with Crippen molar-refractivity contribution in [3.05, 3.63) is 36.0 Å². The average Bonchev–Trinajstić information content (AvgIpc) is 2.38. The van der Waals surface area contributed by atoms with E-state index in [2.05, 4.69) is 29.8 Å². The molecule has 0 amide bonds. The number of hydrogen-bond donors (Lipinski definition) is 1. The van der Waals surface area contributed by atoms with Gasteiger partial charge >= 0.3 is 0 Å². The summed E-state index contributed by atoms with van der Waals surface area (Å²) >= 11 is 0. The Balaban J connectivity index is 2.44. The molecule has 2 rings (SSSR count). The van der Waals surface area contributed by atoms with E-state index < -0.39 is 0 Å². The Labute approximate surface area is 102 Å². The molecule has 0 aliphatic rings. The van der Waals surface area contributed by atoms with Crippen molar-refractivity contribution >= 4 is 16.6 Å². The van der Waals surface area contributed by atoms with Crippen molar-refractivity contribution in [1.82, 2.24) is 9.88 Å². The standard InChI is InChI=1S/C14H19N3/c1-3-17(4-2)10-11-7-8-13(15)12-6-5-9-16-14(11)12/h5-9H,3-4,10,15H2,1-2H3. The molecule has 0 saturated heterocycles. The molecule has 0 saturated carbocycles. The summed E-state index contributed by atoms with van der Waals surface area (Å²) in [5, 5.41) is 1.05. The van der Waals surface area contributed by atoms with Gasteiger partial charge in [-0.2, -0.15) is 0 Å².